The molecule has 0 spiro atoms. The molecule has 6 nitrogen and oxygen atoms in total. The van der Waals surface area contributed by atoms with Gasteiger partial charge in [0.25, 0.3) is 5.91 Å². The number of hydrogen-bond donors (Lipinski definition) is 1. The van der Waals surface area contributed by atoms with E-state index in [4.69, 9.17) is 4.74 Å². The lowest BCUT2D eigenvalue weighted by atomic mass is 10.1. The number of ether oxygens (including phenoxy) is 1. The molecule has 0 aliphatic rings. The molecule has 0 radical (unpaired) electrons. The van der Waals surface area contributed by atoms with Gasteiger partial charge in [-0.2, -0.15) is 4.31 Å². The lowest BCUT2D eigenvalue weighted by Gasteiger charge is -2.19. The number of halogens is 2. The summed E-state index contributed by atoms with van der Waals surface area (Å²) >= 11 is 3.26. The van der Waals surface area contributed by atoms with Gasteiger partial charge in [-0.1, -0.05) is 29.8 Å². The second-order valence-electron chi connectivity index (χ2n) is 5.87. The SMILES string of the molecule is CCN(CC)S(=O)(=O)c1ccc(OC)c(C(=O)NCc2cc(Br)ccc2F)c1. The minimum absolute atomic E-state index is 0.00390. The van der Waals surface area contributed by atoms with Crippen molar-refractivity contribution in [2.45, 2.75) is 25.3 Å². The van der Waals surface area contributed by atoms with Crippen molar-refractivity contribution in [3.63, 3.8) is 0 Å². The van der Waals surface area contributed by atoms with E-state index >= 15 is 0 Å². The van der Waals surface area contributed by atoms with E-state index in [9.17, 15) is 17.6 Å². The van der Waals surface area contributed by atoms with Crippen molar-refractivity contribution in [2.24, 2.45) is 0 Å². The average Bonchev–Trinajstić information content (AvgIpc) is 2.68. The van der Waals surface area contributed by atoms with Crippen LogP contribution in [0.5, 0.6) is 5.75 Å². The lowest BCUT2D eigenvalue weighted by Crippen LogP contribution is -2.31. The minimum Gasteiger partial charge on any atom is -0.496 e. The maximum Gasteiger partial charge on any atom is 0.255 e. The van der Waals surface area contributed by atoms with Crippen LogP contribution in [0, 0.1) is 5.82 Å². The van der Waals surface area contributed by atoms with Crippen molar-refractivity contribution in [3.05, 3.63) is 57.8 Å². The first kappa shape index (κ1) is 22.3. The third-order valence-corrected chi connectivity index (χ3v) is 6.75. The molecule has 2 aromatic carbocycles. The van der Waals surface area contributed by atoms with Crippen molar-refractivity contribution in [1.82, 2.24) is 9.62 Å². The molecule has 0 heterocycles. The zero-order valence-electron chi connectivity index (χ0n) is 15.8. The molecule has 0 aliphatic heterocycles. The van der Waals surface area contributed by atoms with E-state index in [-0.39, 0.29) is 22.8 Å². The van der Waals surface area contributed by atoms with Gasteiger partial charge in [-0.3, -0.25) is 4.79 Å². The summed E-state index contributed by atoms with van der Waals surface area (Å²) in [5.41, 5.74) is 0.361. The van der Waals surface area contributed by atoms with Gasteiger partial charge in [-0.15, -0.1) is 0 Å². The smallest absolute Gasteiger partial charge is 0.255 e. The number of methoxy groups -OCH3 is 1. The summed E-state index contributed by atoms with van der Waals surface area (Å²) in [7, 11) is -2.34. The fourth-order valence-corrected chi connectivity index (χ4v) is 4.58. The van der Waals surface area contributed by atoms with Crippen LogP contribution in [0.3, 0.4) is 0 Å². The Morgan fingerprint density at radius 2 is 1.86 bits per heavy atom. The maximum atomic E-state index is 13.9. The summed E-state index contributed by atoms with van der Waals surface area (Å²) < 4.78 is 46.5. The maximum absolute atomic E-state index is 13.9. The molecule has 1 N–H and O–H groups in total. The van der Waals surface area contributed by atoms with E-state index in [0.717, 1.165) is 0 Å². The summed E-state index contributed by atoms with van der Waals surface area (Å²) in [6, 6.07) is 8.53. The van der Waals surface area contributed by atoms with Gasteiger partial charge in [0.2, 0.25) is 10.0 Å². The van der Waals surface area contributed by atoms with Crippen LogP contribution in [-0.4, -0.2) is 38.8 Å². The highest BCUT2D eigenvalue weighted by atomic mass is 79.9. The van der Waals surface area contributed by atoms with Gasteiger partial charge < -0.3 is 10.1 Å². The first-order valence-corrected chi connectivity index (χ1v) is 10.9. The van der Waals surface area contributed by atoms with E-state index in [1.807, 2.05) is 0 Å². The molecule has 2 aromatic rings. The van der Waals surface area contributed by atoms with Crippen LogP contribution in [0.15, 0.2) is 45.8 Å². The second-order valence-corrected chi connectivity index (χ2v) is 8.72. The Morgan fingerprint density at radius 1 is 1.18 bits per heavy atom. The lowest BCUT2D eigenvalue weighted by molar-refractivity contribution is 0.0947. The van der Waals surface area contributed by atoms with Gasteiger partial charge in [-0.05, 0) is 36.4 Å². The first-order chi connectivity index (χ1) is 13.2. The van der Waals surface area contributed by atoms with Gasteiger partial charge >= 0.3 is 0 Å². The molecule has 0 aromatic heterocycles. The Morgan fingerprint density at radius 3 is 2.46 bits per heavy atom. The van der Waals surface area contributed by atoms with E-state index < -0.39 is 21.7 Å². The number of sulfonamides is 1. The normalized spacial score (nSPS) is 11.5. The van der Waals surface area contributed by atoms with Crippen LogP contribution in [-0.2, 0) is 16.6 Å². The quantitative estimate of drug-likeness (QED) is 0.637. The molecule has 0 fully saturated rings. The number of amides is 1. The van der Waals surface area contributed by atoms with Gasteiger partial charge in [0, 0.05) is 29.7 Å². The third-order valence-electron chi connectivity index (χ3n) is 4.21. The van der Waals surface area contributed by atoms with E-state index in [1.165, 1.54) is 35.7 Å². The molecule has 0 bridgehead atoms. The highest BCUT2D eigenvalue weighted by Crippen LogP contribution is 2.25. The van der Waals surface area contributed by atoms with Crippen molar-refractivity contribution < 1.29 is 22.3 Å². The molecule has 0 unspecified atom stereocenters. The average molecular weight is 473 g/mol. The van der Waals surface area contributed by atoms with Gasteiger partial charge in [0.1, 0.15) is 11.6 Å². The molecule has 152 valence electrons. The second kappa shape index (κ2) is 9.49. The Hall–Kier alpha value is -1.97. The zero-order chi connectivity index (χ0) is 20.9. The van der Waals surface area contributed by atoms with E-state index in [2.05, 4.69) is 21.2 Å². The van der Waals surface area contributed by atoms with Crippen LogP contribution >= 0.6 is 15.9 Å². The fraction of sp³-hybridized carbons (Fsp3) is 0.316. The molecular weight excluding hydrogens is 451 g/mol. The molecular formula is C19H22BrFN2O4S. The molecule has 0 aliphatic carbocycles. The van der Waals surface area contributed by atoms with Crippen LogP contribution in [0.1, 0.15) is 29.8 Å². The molecule has 28 heavy (non-hydrogen) atoms. The van der Waals surface area contributed by atoms with Gasteiger partial charge in [-0.25, -0.2) is 12.8 Å². The monoisotopic (exact) mass is 472 g/mol. The fourth-order valence-electron chi connectivity index (χ4n) is 2.69. The Bertz CT molecular complexity index is 962. The zero-order valence-corrected chi connectivity index (χ0v) is 18.2. The number of carbonyl (C=O) groups excluding carboxylic acids is 1. The predicted octanol–water partition coefficient (Wildman–Crippen LogP) is 3.56. The van der Waals surface area contributed by atoms with Crippen LogP contribution in [0.4, 0.5) is 4.39 Å². The number of hydrogen-bond acceptors (Lipinski definition) is 4. The largest absolute Gasteiger partial charge is 0.496 e. The van der Waals surface area contributed by atoms with Crippen LogP contribution in [0.25, 0.3) is 0 Å². The number of benzene rings is 2. The van der Waals surface area contributed by atoms with Crippen molar-refractivity contribution in [2.75, 3.05) is 20.2 Å². The van der Waals surface area contributed by atoms with E-state index in [1.54, 1.807) is 26.0 Å². The molecule has 0 saturated heterocycles. The van der Waals surface area contributed by atoms with Gasteiger partial charge in [0.05, 0.1) is 17.6 Å². The van der Waals surface area contributed by atoms with Crippen LogP contribution in [0.2, 0.25) is 0 Å². The Balaban J connectivity index is 2.33. The summed E-state index contributed by atoms with van der Waals surface area (Å²) in [5, 5.41) is 2.61. The first-order valence-electron chi connectivity index (χ1n) is 8.64. The van der Waals surface area contributed by atoms with Crippen molar-refractivity contribution in [3.8, 4) is 5.75 Å². The molecule has 0 atom stereocenters. The highest BCUT2D eigenvalue weighted by Gasteiger charge is 2.24. The molecule has 9 heteroatoms. The molecule has 2 rings (SSSR count). The standard InChI is InChI=1S/C19H22BrFN2O4S/c1-4-23(5-2)28(25,26)15-7-9-18(27-3)16(11-15)19(24)22-12-13-10-14(20)6-8-17(13)21/h6-11H,4-5,12H2,1-3H3,(H,22,24). The number of carbonyl (C=O) groups is 1. The van der Waals surface area contributed by atoms with Gasteiger partial charge in [0.15, 0.2) is 0 Å². The molecule has 0 saturated carbocycles. The van der Waals surface area contributed by atoms with Crippen molar-refractivity contribution in [1.29, 1.82) is 0 Å². The third kappa shape index (κ3) is 4.89. The highest BCUT2D eigenvalue weighted by molar-refractivity contribution is 9.10. The predicted molar refractivity (Wildman–Crippen MR) is 108 cm³/mol. The summed E-state index contributed by atoms with van der Waals surface area (Å²) in [5.74, 6) is -0.785. The number of nitrogens with one attached hydrogen (secondary N) is 1. The minimum atomic E-state index is -3.73. The summed E-state index contributed by atoms with van der Waals surface area (Å²) in [6.45, 7) is 4.05. The van der Waals surface area contributed by atoms with Crippen molar-refractivity contribution >= 4 is 31.9 Å². The molecule has 1 amide bonds. The Labute approximate surface area is 172 Å². The Kier molecular flexibility index (Phi) is 7.56. The summed E-state index contributed by atoms with van der Waals surface area (Å²) in [4.78, 5) is 12.6. The number of nitrogens with zero attached hydrogens (tertiary/aromatic N) is 1. The number of rotatable bonds is 8. The van der Waals surface area contributed by atoms with Crippen LogP contribution < -0.4 is 10.1 Å². The topological polar surface area (TPSA) is 75.7 Å². The van der Waals surface area contributed by atoms with E-state index in [0.29, 0.717) is 23.1 Å². The summed E-state index contributed by atoms with van der Waals surface area (Å²) in [6.07, 6.45) is 0.